The van der Waals surface area contributed by atoms with Gasteiger partial charge < -0.3 is 4.74 Å². The van der Waals surface area contributed by atoms with Gasteiger partial charge in [0.2, 0.25) is 0 Å². The summed E-state index contributed by atoms with van der Waals surface area (Å²) < 4.78 is 7.21. The quantitative estimate of drug-likeness (QED) is 0.287. The number of nitrogens with zero attached hydrogens (tertiary/aromatic N) is 1. The van der Waals surface area contributed by atoms with Gasteiger partial charge in [0.05, 0.1) is 18.9 Å². The topological polar surface area (TPSA) is 54.0 Å². The predicted molar refractivity (Wildman–Crippen MR) is 89.8 cm³/mol. The number of hydrogen-bond donors (Lipinski definition) is 1. The molecule has 0 atom stereocenters. The minimum atomic E-state index is -0.229. The Bertz CT molecular complexity index is 573. The van der Waals surface area contributed by atoms with E-state index in [9.17, 15) is 4.79 Å². The van der Waals surface area contributed by atoms with Gasteiger partial charge in [-0.1, -0.05) is 12.2 Å². The van der Waals surface area contributed by atoms with Crippen LogP contribution in [0.2, 0.25) is 0 Å². The molecule has 1 heterocycles. The number of ether oxygens (including phenoxy) is 1. The molecule has 0 bridgehead atoms. The lowest BCUT2D eigenvalue weighted by atomic mass is 10.2. The number of carbonyl (C=O) groups excluding carboxylic acids is 1. The molecule has 1 N–H and O–H groups in total. The van der Waals surface area contributed by atoms with E-state index in [4.69, 9.17) is 22.4 Å². The third-order valence-electron chi connectivity index (χ3n) is 2.56. The molecule has 1 aromatic heterocycles. The zero-order valence-corrected chi connectivity index (χ0v) is 14.1. The number of nitrogens with one attached hydrogen (secondary N) is 1. The van der Waals surface area contributed by atoms with E-state index in [1.807, 2.05) is 26.2 Å². The van der Waals surface area contributed by atoms with Gasteiger partial charge in [0.15, 0.2) is 16.6 Å². The number of thioether (sulfide) groups is 1. The highest BCUT2D eigenvalue weighted by Gasteiger charge is 2.18. The standard InChI is InChI=1S/C15H19N2O2S2/c1-4-19-14(18)5-6-21-15(20)13(8-16)17-9-11(2)7-12(3)10-17/h7,9-10,16H,4-6H2,1-3H3/q+1. The number of aryl methyl sites for hydroxylation is 2. The van der Waals surface area contributed by atoms with Gasteiger partial charge in [0.25, 0.3) is 5.70 Å². The van der Waals surface area contributed by atoms with E-state index in [1.165, 1.54) is 11.8 Å². The molecule has 0 fully saturated rings. The fraction of sp³-hybridized carbons (Fsp3) is 0.400. The molecule has 1 rings (SSSR count). The highest BCUT2D eigenvalue weighted by atomic mass is 32.2. The van der Waals surface area contributed by atoms with Crippen LogP contribution < -0.4 is 4.57 Å². The van der Waals surface area contributed by atoms with Crippen LogP contribution in [0.1, 0.15) is 24.5 Å². The number of hydrogen-bond acceptors (Lipinski definition) is 5. The van der Waals surface area contributed by atoms with Crippen molar-refractivity contribution in [3.05, 3.63) is 29.6 Å². The Labute approximate surface area is 134 Å². The summed E-state index contributed by atoms with van der Waals surface area (Å²) in [7, 11) is 0. The summed E-state index contributed by atoms with van der Waals surface area (Å²) >= 11 is 6.69. The predicted octanol–water partition coefficient (Wildman–Crippen LogP) is 2.69. The van der Waals surface area contributed by atoms with Crippen molar-refractivity contribution in [3.8, 4) is 0 Å². The number of rotatable bonds is 6. The lowest BCUT2D eigenvalue weighted by molar-refractivity contribution is -0.574. The van der Waals surface area contributed by atoms with Crippen LogP contribution in [-0.2, 0) is 9.53 Å². The molecule has 6 heteroatoms. The van der Waals surface area contributed by atoms with Crippen LogP contribution in [0.15, 0.2) is 18.5 Å². The van der Waals surface area contributed by atoms with Crippen molar-refractivity contribution in [2.24, 2.45) is 0 Å². The maximum absolute atomic E-state index is 11.3. The largest absolute Gasteiger partial charge is 0.466 e. The monoisotopic (exact) mass is 323 g/mol. The summed E-state index contributed by atoms with van der Waals surface area (Å²) in [4.78, 5) is 11.3. The first-order chi connectivity index (χ1) is 9.97. The number of carbonyl (C=O) groups is 1. The fourth-order valence-corrected chi connectivity index (χ4v) is 2.94. The maximum atomic E-state index is 11.3. The van der Waals surface area contributed by atoms with E-state index in [0.29, 0.717) is 28.7 Å². The smallest absolute Gasteiger partial charge is 0.306 e. The Morgan fingerprint density at radius 3 is 2.57 bits per heavy atom. The summed E-state index contributed by atoms with van der Waals surface area (Å²) in [6, 6.07) is 2.05. The molecule has 1 aromatic rings. The molecule has 0 spiro atoms. The molecule has 0 unspecified atom stereocenters. The van der Waals surface area contributed by atoms with Crippen molar-refractivity contribution in [2.45, 2.75) is 27.2 Å². The molecule has 0 aromatic carbocycles. The normalized spacial score (nSPS) is 9.86. The van der Waals surface area contributed by atoms with Crippen molar-refractivity contribution in [1.82, 2.24) is 0 Å². The molecule has 21 heavy (non-hydrogen) atoms. The minimum absolute atomic E-state index is 0.229. The van der Waals surface area contributed by atoms with Crippen LogP contribution in [0.25, 0.3) is 5.70 Å². The SMILES string of the molecule is CCOC(=O)CCSC(=S)C(=C=N)[n+]1cc(C)cc(C)c1. The van der Waals surface area contributed by atoms with Crippen molar-refractivity contribution >= 4 is 45.7 Å². The number of pyridine rings is 1. The molecular weight excluding hydrogens is 304 g/mol. The molecule has 0 saturated carbocycles. The second-order valence-electron chi connectivity index (χ2n) is 4.46. The zero-order chi connectivity index (χ0) is 15.8. The maximum Gasteiger partial charge on any atom is 0.306 e. The highest BCUT2D eigenvalue weighted by molar-refractivity contribution is 8.24. The van der Waals surface area contributed by atoms with E-state index < -0.39 is 0 Å². The summed E-state index contributed by atoms with van der Waals surface area (Å²) in [6.45, 7) is 6.14. The minimum Gasteiger partial charge on any atom is -0.466 e. The van der Waals surface area contributed by atoms with E-state index >= 15 is 0 Å². The molecule has 0 aliphatic carbocycles. The fourth-order valence-electron chi connectivity index (χ4n) is 1.79. The van der Waals surface area contributed by atoms with E-state index in [2.05, 4.69) is 11.9 Å². The average Bonchev–Trinajstić information content (AvgIpc) is 2.38. The molecule has 0 radical (unpaired) electrons. The number of esters is 1. The first kappa shape index (κ1) is 17.6. The van der Waals surface area contributed by atoms with Gasteiger partial charge in [-0.15, -0.1) is 11.8 Å². The lowest BCUT2D eigenvalue weighted by Crippen LogP contribution is -2.35. The summed E-state index contributed by atoms with van der Waals surface area (Å²) in [5.41, 5.74) is 2.69. The number of thiocarbonyl (C=S) groups is 1. The van der Waals surface area contributed by atoms with Gasteiger partial charge in [-0.2, -0.15) is 4.57 Å². The third-order valence-corrected chi connectivity index (χ3v) is 3.97. The van der Waals surface area contributed by atoms with Crippen molar-refractivity contribution in [1.29, 1.82) is 5.41 Å². The van der Waals surface area contributed by atoms with Gasteiger partial charge in [0, 0.05) is 16.9 Å². The average molecular weight is 323 g/mol. The van der Waals surface area contributed by atoms with Crippen LogP contribution >= 0.6 is 24.0 Å². The van der Waals surface area contributed by atoms with Crippen molar-refractivity contribution < 1.29 is 14.1 Å². The van der Waals surface area contributed by atoms with Crippen LogP contribution in [0.5, 0.6) is 0 Å². The second-order valence-corrected chi connectivity index (χ2v) is 6.23. The van der Waals surface area contributed by atoms with Crippen LogP contribution in [0.3, 0.4) is 0 Å². The van der Waals surface area contributed by atoms with Gasteiger partial charge >= 0.3 is 5.97 Å². The summed E-state index contributed by atoms with van der Waals surface area (Å²) in [6.07, 6.45) is 4.12. The molecule has 0 aliphatic rings. The van der Waals surface area contributed by atoms with Gasteiger partial charge in [-0.25, -0.2) is 0 Å². The van der Waals surface area contributed by atoms with Crippen molar-refractivity contribution in [3.63, 3.8) is 0 Å². The molecule has 0 aliphatic heterocycles. The van der Waals surface area contributed by atoms with E-state index in [1.54, 1.807) is 11.5 Å². The van der Waals surface area contributed by atoms with Crippen LogP contribution in [0.4, 0.5) is 0 Å². The summed E-state index contributed by atoms with van der Waals surface area (Å²) in [5.74, 6) is 2.69. The second kappa shape index (κ2) is 8.72. The zero-order valence-electron chi connectivity index (χ0n) is 12.4. The lowest BCUT2D eigenvalue weighted by Gasteiger charge is -2.03. The van der Waals surface area contributed by atoms with Gasteiger partial charge in [-0.05, 0) is 26.8 Å². The van der Waals surface area contributed by atoms with E-state index in [0.717, 1.165) is 11.1 Å². The van der Waals surface area contributed by atoms with Crippen LogP contribution in [-0.4, -0.2) is 28.4 Å². The van der Waals surface area contributed by atoms with Gasteiger partial charge in [-0.3, -0.25) is 10.2 Å². The van der Waals surface area contributed by atoms with Crippen molar-refractivity contribution in [2.75, 3.05) is 12.4 Å². The summed E-state index contributed by atoms with van der Waals surface area (Å²) in [5, 5.41) is 7.45. The Kier molecular flexibility index (Phi) is 7.29. The Morgan fingerprint density at radius 1 is 1.43 bits per heavy atom. The first-order valence-electron chi connectivity index (χ1n) is 6.60. The Balaban J connectivity index is 2.70. The first-order valence-corrected chi connectivity index (χ1v) is 7.99. The molecule has 4 nitrogen and oxygen atoms in total. The van der Waals surface area contributed by atoms with E-state index in [-0.39, 0.29) is 5.97 Å². The van der Waals surface area contributed by atoms with Crippen LogP contribution in [0, 0.1) is 19.3 Å². The molecule has 112 valence electrons. The molecule has 0 saturated heterocycles. The Hall–Kier alpha value is -1.49. The Morgan fingerprint density at radius 2 is 2.05 bits per heavy atom. The number of aromatic nitrogens is 1. The highest BCUT2D eigenvalue weighted by Crippen LogP contribution is 2.13. The van der Waals surface area contributed by atoms with Gasteiger partial charge in [0.1, 0.15) is 0 Å². The molecule has 0 amide bonds. The third kappa shape index (κ3) is 5.79. The molecular formula is C15H19N2O2S2+.